The lowest BCUT2D eigenvalue weighted by atomic mass is 9.95. The van der Waals surface area contributed by atoms with Crippen LogP contribution in [0.4, 0.5) is 27.8 Å². The van der Waals surface area contributed by atoms with Crippen molar-refractivity contribution >= 4 is 27.5 Å². The Kier molecular flexibility index (Phi) is 6.98. The van der Waals surface area contributed by atoms with Crippen molar-refractivity contribution < 1.29 is 31.8 Å². The van der Waals surface area contributed by atoms with E-state index in [1.54, 1.807) is 0 Å². The lowest BCUT2D eigenvalue weighted by Gasteiger charge is -2.37. The maximum absolute atomic E-state index is 16.6. The van der Waals surface area contributed by atoms with Gasteiger partial charge in [-0.15, -0.1) is 6.42 Å². The van der Waals surface area contributed by atoms with E-state index in [0.29, 0.717) is 11.8 Å². The first-order valence-corrected chi connectivity index (χ1v) is 14.7. The fourth-order valence-electron chi connectivity index (χ4n) is 7.05. The van der Waals surface area contributed by atoms with Crippen molar-refractivity contribution in [3.05, 3.63) is 47.7 Å². The molecule has 3 fully saturated rings. The first kappa shape index (κ1) is 29.4. The number of nitrogens with two attached hydrogens (primary N) is 1. The minimum atomic E-state index is -3.25. The van der Waals surface area contributed by atoms with Crippen LogP contribution >= 0.6 is 0 Å². The SMILES string of the molecule is C#Cc1c(F)ccc2cc(O)cc(-c3ncc4c(N5CC[C@@H](N)C(F)(F)C5)nc(OC[C@@]56CCCN5C[C@H](F)C6)nc4c3F)c12. The molecular weight excluding hydrogens is 595 g/mol. The number of aromatic hydroxyl groups is 1. The number of benzene rings is 2. The van der Waals surface area contributed by atoms with Crippen LogP contribution in [0.15, 0.2) is 30.5 Å². The zero-order valence-corrected chi connectivity index (χ0v) is 24.0. The molecule has 3 aliphatic rings. The summed E-state index contributed by atoms with van der Waals surface area (Å²) in [6, 6.07) is 3.50. The molecule has 2 aromatic carbocycles. The number of piperidine rings is 1. The van der Waals surface area contributed by atoms with Gasteiger partial charge in [0.15, 0.2) is 5.82 Å². The van der Waals surface area contributed by atoms with Crippen LogP contribution in [0.5, 0.6) is 11.8 Å². The monoisotopic (exact) mass is 624 g/mol. The molecule has 0 aliphatic carbocycles. The molecule has 3 saturated heterocycles. The van der Waals surface area contributed by atoms with Gasteiger partial charge in [0.2, 0.25) is 0 Å². The van der Waals surface area contributed by atoms with Crippen LogP contribution in [0, 0.1) is 24.0 Å². The summed E-state index contributed by atoms with van der Waals surface area (Å²) >= 11 is 0. The summed E-state index contributed by atoms with van der Waals surface area (Å²) in [4.78, 5) is 16.4. The fourth-order valence-corrected chi connectivity index (χ4v) is 7.05. The number of halogens is 5. The largest absolute Gasteiger partial charge is 0.508 e. The number of phenols is 1. The minimum Gasteiger partial charge on any atom is -0.508 e. The van der Waals surface area contributed by atoms with E-state index in [0.717, 1.165) is 19.0 Å². The number of hydrogen-bond donors (Lipinski definition) is 2. The van der Waals surface area contributed by atoms with Crippen LogP contribution in [0.25, 0.3) is 32.9 Å². The molecule has 234 valence electrons. The first-order chi connectivity index (χ1) is 21.5. The van der Waals surface area contributed by atoms with Crippen molar-refractivity contribution in [2.45, 2.75) is 49.4 Å². The second-order valence-electron chi connectivity index (χ2n) is 12.1. The number of rotatable bonds is 5. The third kappa shape index (κ3) is 4.87. The maximum Gasteiger partial charge on any atom is 0.319 e. The summed E-state index contributed by atoms with van der Waals surface area (Å²) in [6.45, 7) is 0.374. The number of alkyl halides is 3. The highest BCUT2D eigenvalue weighted by atomic mass is 19.3. The first-order valence-electron chi connectivity index (χ1n) is 14.7. The molecule has 8 nitrogen and oxygen atoms in total. The van der Waals surface area contributed by atoms with Gasteiger partial charge in [-0.2, -0.15) is 9.97 Å². The third-order valence-corrected chi connectivity index (χ3v) is 9.28. The Morgan fingerprint density at radius 1 is 1.18 bits per heavy atom. The van der Waals surface area contributed by atoms with Crippen molar-refractivity contribution in [2.24, 2.45) is 5.73 Å². The van der Waals surface area contributed by atoms with E-state index in [2.05, 4.69) is 20.9 Å². The smallest absolute Gasteiger partial charge is 0.319 e. The fraction of sp³-hybridized carbons (Fsp3) is 0.406. The lowest BCUT2D eigenvalue weighted by Crippen LogP contribution is -2.55. The van der Waals surface area contributed by atoms with E-state index in [1.807, 2.05) is 4.90 Å². The predicted molar refractivity (Wildman–Crippen MR) is 158 cm³/mol. The number of ether oxygens (including phenoxy) is 1. The van der Waals surface area contributed by atoms with Crippen molar-refractivity contribution in [2.75, 3.05) is 37.7 Å². The van der Waals surface area contributed by atoms with Crippen LogP contribution in [0.3, 0.4) is 0 Å². The molecule has 3 N–H and O–H groups in total. The van der Waals surface area contributed by atoms with Crippen LogP contribution in [-0.2, 0) is 0 Å². The number of phenolic OH excluding ortho intramolecular Hbond substituents is 1. The summed E-state index contributed by atoms with van der Waals surface area (Å²) in [6.07, 6.45) is 7.63. The number of anilines is 1. The van der Waals surface area contributed by atoms with E-state index in [-0.39, 0.29) is 83.2 Å². The number of aromatic nitrogens is 3. The van der Waals surface area contributed by atoms with Crippen molar-refractivity contribution in [1.29, 1.82) is 0 Å². The van der Waals surface area contributed by atoms with Gasteiger partial charge in [-0.1, -0.05) is 12.0 Å². The van der Waals surface area contributed by atoms with Crippen LogP contribution in [0.1, 0.15) is 31.2 Å². The molecule has 0 spiro atoms. The van der Waals surface area contributed by atoms with Crippen molar-refractivity contribution in [1.82, 2.24) is 19.9 Å². The number of nitrogens with zero attached hydrogens (tertiary/aromatic N) is 5. The standard InChI is InChI=1S/C32H29F5N6O2/c1-2-20-23(34)5-4-17-10-19(44)11-21(25(17)20)27-26(35)28-22(13-39-27)29(42-9-6-24(38)32(36,37)15-42)41-30(40-28)45-16-31-7-3-8-43(31)14-18(33)12-31/h1,4-5,10-11,13,18,24,44H,3,6-9,12,14-16,38H2/t18-,24-,31+/m1/s1. The van der Waals surface area contributed by atoms with Gasteiger partial charge in [0.1, 0.15) is 41.4 Å². The quantitative estimate of drug-likeness (QED) is 0.238. The number of hydrogen-bond acceptors (Lipinski definition) is 8. The highest BCUT2D eigenvalue weighted by Crippen LogP contribution is 2.42. The topological polar surface area (TPSA) is 101 Å². The summed E-state index contributed by atoms with van der Waals surface area (Å²) < 4.78 is 81.3. The van der Waals surface area contributed by atoms with E-state index in [4.69, 9.17) is 16.9 Å². The third-order valence-electron chi connectivity index (χ3n) is 9.28. The Balaban J connectivity index is 1.39. The molecule has 4 aromatic rings. The molecule has 13 heteroatoms. The van der Waals surface area contributed by atoms with Crippen molar-refractivity contribution in [3.8, 4) is 35.4 Å². The molecule has 3 aliphatic heterocycles. The highest BCUT2D eigenvalue weighted by Gasteiger charge is 2.49. The molecule has 45 heavy (non-hydrogen) atoms. The zero-order valence-electron chi connectivity index (χ0n) is 24.0. The maximum atomic E-state index is 16.6. The minimum absolute atomic E-state index is 0.00962. The Hall–Kier alpha value is -4.28. The second-order valence-corrected chi connectivity index (χ2v) is 12.1. The van der Waals surface area contributed by atoms with Gasteiger partial charge in [-0.3, -0.25) is 9.88 Å². The molecule has 7 rings (SSSR count). The Bertz CT molecular complexity index is 1880. The summed E-state index contributed by atoms with van der Waals surface area (Å²) in [7, 11) is 0. The molecule has 0 amide bonds. The van der Waals surface area contributed by atoms with Crippen molar-refractivity contribution in [3.63, 3.8) is 0 Å². The zero-order chi connectivity index (χ0) is 31.7. The molecule has 0 radical (unpaired) electrons. The number of pyridine rings is 1. The van der Waals surface area contributed by atoms with Gasteiger partial charge in [0.25, 0.3) is 5.92 Å². The average Bonchev–Trinajstić information content (AvgIpc) is 3.53. The Morgan fingerprint density at radius 2 is 2.00 bits per heavy atom. The molecule has 0 saturated carbocycles. The van der Waals surface area contributed by atoms with E-state index in [1.165, 1.54) is 29.3 Å². The van der Waals surface area contributed by atoms with E-state index < -0.39 is 41.9 Å². The normalized spacial score (nSPS) is 24.7. The summed E-state index contributed by atoms with van der Waals surface area (Å²) in [5.74, 6) is -2.92. The van der Waals surface area contributed by atoms with Gasteiger partial charge in [-0.25, -0.2) is 22.0 Å². The summed E-state index contributed by atoms with van der Waals surface area (Å²) in [5, 5.41) is 11.0. The van der Waals surface area contributed by atoms with Gasteiger partial charge in [0.05, 0.1) is 29.1 Å². The van der Waals surface area contributed by atoms with E-state index >= 15 is 4.39 Å². The average molecular weight is 625 g/mol. The molecule has 0 bridgehead atoms. The molecular formula is C32H29F5N6O2. The van der Waals surface area contributed by atoms with Gasteiger partial charge >= 0.3 is 6.01 Å². The molecule has 2 aromatic heterocycles. The lowest BCUT2D eigenvalue weighted by molar-refractivity contribution is -0.0301. The van der Waals surface area contributed by atoms with Gasteiger partial charge < -0.3 is 20.5 Å². The van der Waals surface area contributed by atoms with Crippen LogP contribution < -0.4 is 15.4 Å². The van der Waals surface area contributed by atoms with Crippen LogP contribution in [-0.4, -0.2) is 81.4 Å². The molecule has 0 unspecified atom stereocenters. The predicted octanol–water partition coefficient (Wildman–Crippen LogP) is 4.94. The van der Waals surface area contributed by atoms with Crippen LogP contribution in [0.2, 0.25) is 0 Å². The van der Waals surface area contributed by atoms with Gasteiger partial charge in [0, 0.05) is 36.7 Å². The molecule has 5 heterocycles. The Labute approximate surface area is 255 Å². The summed E-state index contributed by atoms with van der Waals surface area (Å²) in [5.41, 5.74) is 4.37. The Morgan fingerprint density at radius 3 is 2.78 bits per heavy atom. The highest BCUT2D eigenvalue weighted by molar-refractivity contribution is 6.03. The number of terminal acetylenes is 1. The number of fused-ring (bicyclic) bond motifs is 3. The second kappa shape index (κ2) is 10.7. The van der Waals surface area contributed by atoms with Gasteiger partial charge in [-0.05, 0) is 49.4 Å². The molecule has 3 atom stereocenters. The van der Waals surface area contributed by atoms with E-state index in [9.17, 15) is 22.7 Å².